The fourth-order valence-corrected chi connectivity index (χ4v) is 3.76. The van der Waals surface area contributed by atoms with E-state index in [9.17, 15) is 9.90 Å². The van der Waals surface area contributed by atoms with Crippen LogP contribution in [-0.4, -0.2) is 31.6 Å². The van der Waals surface area contributed by atoms with Crippen molar-refractivity contribution in [2.75, 3.05) is 0 Å². The standard InChI is InChI=1S/C21H20ClN3O2/c1-21(2,3)25-19(13-6-10-15(26)11-7-13)16-17(23-24-18(16)20(25)27)12-4-8-14(22)9-5-12/h4-11,19,26H,1-3H3,(H,23,24). The van der Waals surface area contributed by atoms with E-state index >= 15 is 0 Å². The van der Waals surface area contributed by atoms with Crippen molar-refractivity contribution in [3.05, 3.63) is 70.4 Å². The van der Waals surface area contributed by atoms with Gasteiger partial charge >= 0.3 is 0 Å². The molecule has 2 N–H and O–H groups in total. The largest absolute Gasteiger partial charge is 0.508 e. The second-order valence-corrected chi connectivity index (χ2v) is 8.14. The number of hydrogen-bond acceptors (Lipinski definition) is 3. The SMILES string of the molecule is CC(C)(C)N1C(=O)c2[nH]nc(-c3ccc(Cl)cc3)c2C1c1ccc(O)cc1. The topological polar surface area (TPSA) is 69.2 Å². The Morgan fingerprint density at radius 1 is 1.07 bits per heavy atom. The van der Waals surface area contributed by atoms with E-state index in [1.165, 1.54) is 0 Å². The summed E-state index contributed by atoms with van der Waals surface area (Å²) in [5.41, 5.74) is 3.52. The molecule has 3 aromatic rings. The lowest BCUT2D eigenvalue weighted by molar-refractivity contribution is 0.0546. The molecule has 1 aliphatic heterocycles. The Balaban J connectivity index is 1.93. The van der Waals surface area contributed by atoms with Crippen molar-refractivity contribution in [1.82, 2.24) is 15.1 Å². The summed E-state index contributed by atoms with van der Waals surface area (Å²) in [6.07, 6.45) is 0. The second-order valence-electron chi connectivity index (χ2n) is 7.71. The molecule has 1 aliphatic rings. The van der Waals surface area contributed by atoms with Crippen LogP contribution in [0.15, 0.2) is 48.5 Å². The summed E-state index contributed by atoms with van der Waals surface area (Å²) in [7, 11) is 0. The van der Waals surface area contributed by atoms with Gasteiger partial charge < -0.3 is 10.0 Å². The van der Waals surface area contributed by atoms with Gasteiger partial charge in [-0.25, -0.2) is 0 Å². The Bertz CT molecular complexity index is 1000. The number of rotatable bonds is 2. The highest BCUT2D eigenvalue weighted by Gasteiger charge is 2.46. The number of aromatic nitrogens is 2. The number of carbonyl (C=O) groups excluding carboxylic acids is 1. The monoisotopic (exact) mass is 381 g/mol. The number of hydrogen-bond donors (Lipinski definition) is 2. The number of fused-ring (bicyclic) bond motifs is 1. The lowest BCUT2D eigenvalue weighted by Crippen LogP contribution is -2.44. The number of aromatic hydroxyl groups is 1. The Morgan fingerprint density at radius 2 is 1.70 bits per heavy atom. The summed E-state index contributed by atoms with van der Waals surface area (Å²) < 4.78 is 0. The highest BCUT2D eigenvalue weighted by molar-refractivity contribution is 6.30. The van der Waals surface area contributed by atoms with Gasteiger partial charge in [0.25, 0.3) is 5.91 Å². The van der Waals surface area contributed by atoms with Gasteiger partial charge in [0.1, 0.15) is 11.4 Å². The van der Waals surface area contributed by atoms with Crippen molar-refractivity contribution in [2.24, 2.45) is 0 Å². The van der Waals surface area contributed by atoms with Crippen LogP contribution in [0.25, 0.3) is 11.3 Å². The van der Waals surface area contributed by atoms with Gasteiger partial charge in [0.05, 0.1) is 11.7 Å². The third kappa shape index (κ3) is 2.88. The Kier molecular flexibility index (Phi) is 4.00. The van der Waals surface area contributed by atoms with Crippen LogP contribution in [0.1, 0.15) is 48.4 Å². The van der Waals surface area contributed by atoms with Gasteiger partial charge in [0.15, 0.2) is 0 Å². The molecule has 2 aromatic carbocycles. The molecule has 1 aromatic heterocycles. The lowest BCUT2D eigenvalue weighted by Gasteiger charge is -2.37. The third-order valence-corrected chi connectivity index (χ3v) is 5.07. The molecule has 5 nitrogen and oxygen atoms in total. The van der Waals surface area contributed by atoms with E-state index in [1.54, 1.807) is 12.1 Å². The molecule has 4 rings (SSSR count). The Labute approximate surface area is 162 Å². The highest BCUT2D eigenvalue weighted by atomic mass is 35.5. The molecule has 0 spiro atoms. The van der Waals surface area contributed by atoms with Gasteiger partial charge in [-0.1, -0.05) is 35.9 Å². The van der Waals surface area contributed by atoms with E-state index in [-0.39, 0.29) is 17.7 Å². The molecular formula is C21H20ClN3O2. The minimum atomic E-state index is -0.392. The van der Waals surface area contributed by atoms with Crippen LogP contribution in [-0.2, 0) is 0 Å². The summed E-state index contributed by atoms with van der Waals surface area (Å²) in [6.45, 7) is 6.04. The first-order valence-corrected chi connectivity index (χ1v) is 9.12. The summed E-state index contributed by atoms with van der Waals surface area (Å²) in [5.74, 6) is 0.110. The minimum Gasteiger partial charge on any atom is -0.508 e. The van der Waals surface area contributed by atoms with Crippen molar-refractivity contribution in [2.45, 2.75) is 32.4 Å². The Morgan fingerprint density at radius 3 is 2.30 bits per heavy atom. The highest BCUT2D eigenvalue weighted by Crippen LogP contribution is 2.46. The van der Waals surface area contributed by atoms with Crippen molar-refractivity contribution < 1.29 is 9.90 Å². The summed E-state index contributed by atoms with van der Waals surface area (Å²) >= 11 is 6.02. The maximum Gasteiger partial charge on any atom is 0.273 e. The number of carbonyl (C=O) groups is 1. The number of aromatic amines is 1. The van der Waals surface area contributed by atoms with E-state index < -0.39 is 5.54 Å². The van der Waals surface area contributed by atoms with Crippen molar-refractivity contribution in [1.29, 1.82) is 0 Å². The molecule has 0 aliphatic carbocycles. The van der Waals surface area contributed by atoms with Crippen molar-refractivity contribution >= 4 is 17.5 Å². The number of H-pyrrole nitrogens is 1. The van der Waals surface area contributed by atoms with Gasteiger partial charge in [-0.15, -0.1) is 0 Å². The number of phenolic OH excluding ortho intramolecular Hbond substituents is 1. The summed E-state index contributed by atoms with van der Waals surface area (Å²) in [4.78, 5) is 15.0. The molecule has 2 heterocycles. The molecule has 0 fully saturated rings. The zero-order valence-corrected chi connectivity index (χ0v) is 16.1. The van der Waals surface area contributed by atoms with Crippen LogP contribution in [0, 0.1) is 0 Å². The Hall–Kier alpha value is -2.79. The fourth-order valence-electron chi connectivity index (χ4n) is 3.64. The molecule has 1 unspecified atom stereocenters. The molecule has 1 atom stereocenters. The molecule has 27 heavy (non-hydrogen) atoms. The fraction of sp³-hybridized carbons (Fsp3) is 0.238. The van der Waals surface area contributed by atoms with Crippen LogP contribution in [0.4, 0.5) is 0 Å². The van der Waals surface area contributed by atoms with Gasteiger partial charge in [0, 0.05) is 21.7 Å². The maximum atomic E-state index is 13.2. The predicted molar refractivity (Wildman–Crippen MR) is 105 cm³/mol. The van der Waals surface area contributed by atoms with Gasteiger partial charge in [0.2, 0.25) is 0 Å². The molecule has 0 radical (unpaired) electrons. The van der Waals surface area contributed by atoms with Crippen LogP contribution in [0.3, 0.4) is 0 Å². The predicted octanol–water partition coefficient (Wildman–Crippen LogP) is 4.78. The summed E-state index contributed by atoms with van der Waals surface area (Å²) in [5, 5.41) is 17.7. The quantitative estimate of drug-likeness (QED) is 0.671. The lowest BCUT2D eigenvalue weighted by atomic mass is 9.93. The van der Waals surface area contributed by atoms with E-state index in [4.69, 9.17) is 11.6 Å². The van der Waals surface area contributed by atoms with Gasteiger partial charge in [-0.05, 0) is 50.6 Å². The molecule has 1 amide bonds. The van der Waals surface area contributed by atoms with E-state index in [0.717, 1.165) is 22.4 Å². The minimum absolute atomic E-state index is 0.0803. The van der Waals surface area contributed by atoms with Crippen molar-refractivity contribution in [3.63, 3.8) is 0 Å². The number of amides is 1. The first-order chi connectivity index (χ1) is 12.8. The molecule has 138 valence electrons. The van der Waals surface area contributed by atoms with Crippen LogP contribution < -0.4 is 0 Å². The maximum absolute atomic E-state index is 13.2. The normalized spacial score (nSPS) is 16.7. The molecular weight excluding hydrogens is 362 g/mol. The second kappa shape index (κ2) is 6.13. The smallest absolute Gasteiger partial charge is 0.273 e. The van der Waals surface area contributed by atoms with Crippen LogP contribution in [0.2, 0.25) is 5.02 Å². The molecule has 0 saturated carbocycles. The molecule has 0 bridgehead atoms. The van der Waals surface area contributed by atoms with Crippen LogP contribution >= 0.6 is 11.6 Å². The van der Waals surface area contributed by atoms with Gasteiger partial charge in [-0.3, -0.25) is 9.89 Å². The first-order valence-electron chi connectivity index (χ1n) is 8.74. The zero-order chi connectivity index (χ0) is 19.3. The average Bonchev–Trinajstić information content (AvgIpc) is 3.15. The molecule has 0 saturated heterocycles. The number of nitrogens with one attached hydrogen (secondary N) is 1. The van der Waals surface area contributed by atoms with E-state index in [0.29, 0.717) is 10.7 Å². The third-order valence-electron chi connectivity index (χ3n) is 4.82. The number of nitrogens with zero attached hydrogens (tertiary/aromatic N) is 2. The first kappa shape index (κ1) is 17.6. The average molecular weight is 382 g/mol. The number of benzene rings is 2. The van der Waals surface area contributed by atoms with Crippen molar-refractivity contribution in [3.8, 4) is 17.0 Å². The summed E-state index contributed by atoms with van der Waals surface area (Å²) in [6, 6.07) is 14.1. The number of halogens is 1. The van der Waals surface area contributed by atoms with Gasteiger partial charge in [-0.2, -0.15) is 5.10 Å². The van der Waals surface area contributed by atoms with Crippen LogP contribution in [0.5, 0.6) is 5.75 Å². The number of phenols is 1. The molecule has 6 heteroatoms. The van der Waals surface area contributed by atoms with E-state index in [2.05, 4.69) is 10.2 Å². The zero-order valence-electron chi connectivity index (χ0n) is 15.3. The van der Waals surface area contributed by atoms with E-state index in [1.807, 2.05) is 62.1 Å².